The monoisotopic (exact) mass is 186 g/mol. The normalized spacial score (nSPS) is 35.3. The molecule has 0 aromatic heterocycles. The van der Waals surface area contributed by atoms with Gasteiger partial charge >= 0.3 is 0 Å². The van der Waals surface area contributed by atoms with Crippen molar-refractivity contribution < 1.29 is 9.84 Å². The fourth-order valence-corrected chi connectivity index (χ4v) is 2.22. The molecule has 1 heterocycles. The van der Waals surface area contributed by atoms with Crippen LogP contribution in [0, 0.1) is 11.8 Å². The van der Waals surface area contributed by atoms with E-state index in [0.29, 0.717) is 12.5 Å². The molecule has 78 valence electrons. The Morgan fingerprint density at radius 2 is 1.77 bits per heavy atom. The molecule has 0 saturated carbocycles. The second-order valence-electron chi connectivity index (χ2n) is 5.07. The highest BCUT2D eigenvalue weighted by molar-refractivity contribution is 5.03. The first-order valence-corrected chi connectivity index (χ1v) is 5.17. The highest BCUT2D eigenvalue weighted by Crippen LogP contribution is 2.43. The number of hydrogen-bond donors (Lipinski definition) is 1. The van der Waals surface area contributed by atoms with Crippen LogP contribution in [0.3, 0.4) is 0 Å². The van der Waals surface area contributed by atoms with Gasteiger partial charge in [0.2, 0.25) is 0 Å². The Morgan fingerprint density at radius 3 is 2.08 bits per heavy atom. The fourth-order valence-electron chi connectivity index (χ4n) is 2.22. The van der Waals surface area contributed by atoms with E-state index >= 15 is 0 Å². The van der Waals surface area contributed by atoms with E-state index in [1.807, 2.05) is 13.8 Å². The Kier molecular flexibility index (Phi) is 2.75. The van der Waals surface area contributed by atoms with Crippen molar-refractivity contribution in [3.05, 3.63) is 0 Å². The summed E-state index contributed by atoms with van der Waals surface area (Å²) in [5.41, 5.74) is -1.04. The van der Waals surface area contributed by atoms with Crippen molar-refractivity contribution in [3.8, 4) is 0 Å². The molecule has 2 heteroatoms. The maximum Gasteiger partial charge on any atom is 0.0980 e. The third kappa shape index (κ3) is 1.62. The molecule has 1 aliphatic rings. The molecule has 0 amide bonds. The summed E-state index contributed by atoms with van der Waals surface area (Å²) in [5.74, 6) is 0.774. The van der Waals surface area contributed by atoms with Gasteiger partial charge in [-0.1, -0.05) is 20.8 Å². The van der Waals surface area contributed by atoms with Crippen LogP contribution < -0.4 is 0 Å². The molecule has 13 heavy (non-hydrogen) atoms. The van der Waals surface area contributed by atoms with E-state index < -0.39 is 11.2 Å². The highest BCUT2D eigenvalue weighted by atomic mass is 16.5. The number of rotatable bonds is 2. The van der Waals surface area contributed by atoms with E-state index in [1.165, 1.54) is 0 Å². The molecule has 2 unspecified atom stereocenters. The summed E-state index contributed by atoms with van der Waals surface area (Å²) >= 11 is 0. The smallest absolute Gasteiger partial charge is 0.0980 e. The number of aliphatic hydroxyl groups is 1. The van der Waals surface area contributed by atoms with Gasteiger partial charge in [0.1, 0.15) is 0 Å². The zero-order valence-corrected chi connectivity index (χ0v) is 9.42. The van der Waals surface area contributed by atoms with Crippen LogP contribution >= 0.6 is 0 Å². The summed E-state index contributed by atoms with van der Waals surface area (Å²) < 4.78 is 5.58. The largest absolute Gasteiger partial charge is 0.387 e. The predicted octanol–water partition coefficient (Wildman–Crippen LogP) is 2.21. The Balaban J connectivity index is 2.86. The molecule has 2 nitrogen and oxygen atoms in total. The summed E-state index contributed by atoms with van der Waals surface area (Å²) in [6.45, 7) is 11.1. The van der Waals surface area contributed by atoms with Crippen LogP contribution in [0.15, 0.2) is 0 Å². The van der Waals surface area contributed by atoms with E-state index in [0.717, 1.165) is 6.42 Å². The molecule has 1 rings (SSSR count). The maximum atomic E-state index is 10.5. The molecule has 0 aromatic carbocycles. The molecule has 0 radical (unpaired) electrons. The van der Waals surface area contributed by atoms with Gasteiger partial charge in [-0.05, 0) is 25.7 Å². The van der Waals surface area contributed by atoms with Crippen LogP contribution in [0.1, 0.15) is 41.0 Å². The summed E-state index contributed by atoms with van der Waals surface area (Å²) in [4.78, 5) is 0. The average molecular weight is 186 g/mol. The van der Waals surface area contributed by atoms with Crippen LogP contribution in [0.25, 0.3) is 0 Å². The van der Waals surface area contributed by atoms with Gasteiger partial charge in [-0.25, -0.2) is 0 Å². The van der Waals surface area contributed by atoms with E-state index in [-0.39, 0.29) is 5.92 Å². The van der Waals surface area contributed by atoms with Crippen molar-refractivity contribution >= 4 is 0 Å². The zero-order valence-electron chi connectivity index (χ0n) is 9.42. The Hall–Kier alpha value is -0.0800. The van der Waals surface area contributed by atoms with Crippen LogP contribution in [0.5, 0.6) is 0 Å². The molecule has 1 aliphatic heterocycles. The molecule has 1 saturated heterocycles. The molecule has 1 N–H and O–H groups in total. The van der Waals surface area contributed by atoms with Crippen LogP contribution in [0.2, 0.25) is 0 Å². The molecule has 0 spiro atoms. The third-order valence-electron chi connectivity index (χ3n) is 3.74. The molecule has 0 aromatic rings. The SMILES string of the molecule is CC(C)C(C)C1(O)CCOC1(C)C. The lowest BCUT2D eigenvalue weighted by Crippen LogP contribution is -2.52. The molecule has 0 bridgehead atoms. The van der Waals surface area contributed by atoms with E-state index in [2.05, 4.69) is 20.8 Å². The minimum absolute atomic E-state index is 0.282. The van der Waals surface area contributed by atoms with Crippen molar-refractivity contribution in [2.24, 2.45) is 11.8 Å². The van der Waals surface area contributed by atoms with Crippen molar-refractivity contribution in [1.29, 1.82) is 0 Å². The second kappa shape index (κ2) is 3.25. The van der Waals surface area contributed by atoms with Crippen LogP contribution in [0.4, 0.5) is 0 Å². The summed E-state index contributed by atoms with van der Waals surface area (Å²) in [7, 11) is 0. The maximum absolute atomic E-state index is 10.5. The van der Waals surface area contributed by atoms with Gasteiger partial charge in [0.05, 0.1) is 17.8 Å². The molecule has 2 atom stereocenters. The molecular formula is C11H22O2. The van der Waals surface area contributed by atoms with Gasteiger partial charge in [-0.15, -0.1) is 0 Å². The van der Waals surface area contributed by atoms with Gasteiger partial charge in [0, 0.05) is 6.42 Å². The van der Waals surface area contributed by atoms with E-state index in [4.69, 9.17) is 4.74 Å². The van der Waals surface area contributed by atoms with Crippen LogP contribution in [-0.4, -0.2) is 22.9 Å². The van der Waals surface area contributed by atoms with Crippen molar-refractivity contribution in [2.75, 3.05) is 6.61 Å². The fraction of sp³-hybridized carbons (Fsp3) is 1.00. The van der Waals surface area contributed by atoms with Crippen LogP contribution in [-0.2, 0) is 4.74 Å². The minimum Gasteiger partial charge on any atom is -0.387 e. The summed E-state index contributed by atoms with van der Waals surface area (Å²) in [5, 5.41) is 10.5. The first-order valence-electron chi connectivity index (χ1n) is 5.17. The topological polar surface area (TPSA) is 29.5 Å². The van der Waals surface area contributed by atoms with Crippen molar-refractivity contribution in [1.82, 2.24) is 0 Å². The first kappa shape index (κ1) is 11.0. The Morgan fingerprint density at radius 1 is 1.23 bits per heavy atom. The predicted molar refractivity (Wildman–Crippen MR) is 53.6 cm³/mol. The summed E-state index contributed by atoms with van der Waals surface area (Å²) in [6.07, 6.45) is 0.763. The van der Waals surface area contributed by atoms with E-state index in [9.17, 15) is 5.11 Å². The standard InChI is InChI=1S/C11H22O2/c1-8(2)9(3)11(12)6-7-13-10(11,4)5/h8-9,12H,6-7H2,1-5H3. The zero-order chi connectivity index (χ0) is 10.3. The van der Waals surface area contributed by atoms with Gasteiger partial charge in [0.15, 0.2) is 0 Å². The van der Waals surface area contributed by atoms with Gasteiger partial charge in [0.25, 0.3) is 0 Å². The summed E-state index contributed by atoms with van der Waals surface area (Å²) in [6, 6.07) is 0. The highest BCUT2D eigenvalue weighted by Gasteiger charge is 2.52. The van der Waals surface area contributed by atoms with Crippen molar-refractivity contribution in [3.63, 3.8) is 0 Å². The van der Waals surface area contributed by atoms with Gasteiger partial charge in [-0.3, -0.25) is 0 Å². The lowest BCUT2D eigenvalue weighted by Gasteiger charge is -2.41. The minimum atomic E-state index is -0.652. The number of hydrogen-bond acceptors (Lipinski definition) is 2. The molecule has 1 fully saturated rings. The number of ether oxygens (including phenoxy) is 1. The lowest BCUT2D eigenvalue weighted by molar-refractivity contribution is -0.134. The molecule has 0 aliphatic carbocycles. The second-order valence-corrected chi connectivity index (χ2v) is 5.07. The first-order chi connectivity index (χ1) is 5.81. The third-order valence-corrected chi connectivity index (χ3v) is 3.74. The molecular weight excluding hydrogens is 164 g/mol. The lowest BCUT2D eigenvalue weighted by atomic mass is 9.71. The Bertz CT molecular complexity index is 187. The quantitative estimate of drug-likeness (QED) is 0.716. The average Bonchev–Trinajstić information content (AvgIpc) is 2.26. The van der Waals surface area contributed by atoms with Crippen molar-refractivity contribution in [2.45, 2.75) is 52.2 Å². The van der Waals surface area contributed by atoms with E-state index in [1.54, 1.807) is 0 Å². The van der Waals surface area contributed by atoms with Gasteiger partial charge in [-0.2, -0.15) is 0 Å². The Labute approximate surface area is 81.3 Å². The van der Waals surface area contributed by atoms with Gasteiger partial charge < -0.3 is 9.84 Å².